The molecule has 0 saturated carbocycles. The molecular formula is C13H18F3N3O. The fourth-order valence-electron chi connectivity index (χ4n) is 1.82. The van der Waals surface area contributed by atoms with Gasteiger partial charge in [-0.15, -0.1) is 0 Å². The molecule has 0 spiro atoms. The molecule has 4 N–H and O–H groups in total. The van der Waals surface area contributed by atoms with Gasteiger partial charge in [-0.05, 0) is 18.9 Å². The van der Waals surface area contributed by atoms with Crippen LogP contribution in [0.5, 0.6) is 0 Å². The van der Waals surface area contributed by atoms with Crippen molar-refractivity contribution in [3.8, 4) is 0 Å². The number of nitrogens with two attached hydrogens (primary N) is 1. The Morgan fingerprint density at radius 2 is 1.95 bits per heavy atom. The zero-order chi connectivity index (χ0) is 15.2. The number of halogens is 3. The fraction of sp³-hybridized carbons (Fsp3) is 0.462. The van der Waals surface area contributed by atoms with E-state index >= 15 is 0 Å². The minimum absolute atomic E-state index is 0.159. The third kappa shape index (κ3) is 5.08. The first-order valence-corrected chi connectivity index (χ1v) is 6.16. The van der Waals surface area contributed by atoms with Crippen LogP contribution in [-0.4, -0.2) is 29.8 Å². The van der Waals surface area contributed by atoms with Gasteiger partial charge in [-0.25, -0.2) is 0 Å². The standard InChI is InChI=1S/C13H18F3N3O/c1-9(7-10-5-3-2-4-6-10)18-8-11(12(17)19-20)13(14,15)16/h2-6,9,11,18,20H,7-8H2,1H3,(H2,17,19). The van der Waals surface area contributed by atoms with E-state index in [0.717, 1.165) is 5.56 Å². The van der Waals surface area contributed by atoms with Crippen LogP contribution in [0.1, 0.15) is 12.5 Å². The van der Waals surface area contributed by atoms with Crippen molar-refractivity contribution in [2.75, 3.05) is 6.54 Å². The Labute approximate surface area is 115 Å². The van der Waals surface area contributed by atoms with Gasteiger partial charge < -0.3 is 16.3 Å². The number of alkyl halides is 3. The first kappa shape index (κ1) is 16.3. The molecule has 1 aromatic carbocycles. The molecule has 0 amide bonds. The van der Waals surface area contributed by atoms with Crippen molar-refractivity contribution in [1.82, 2.24) is 5.32 Å². The highest BCUT2D eigenvalue weighted by Gasteiger charge is 2.42. The molecule has 0 aromatic heterocycles. The summed E-state index contributed by atoms with van der Waals surface area (Å²) in [4.78, 5) is 0. The smallest absolute Gasteiger partial charge is 0.400 e. The van der Waals surface area contributed by atoms with E-state index in [1.165, 1.54) is 0 Å². The minimum Gasteiger partial charge on any atom is -0.409 e. The van der Waals surface area contributed by atoms with Gasteiger partial charge in [0.2, 0.25) is 0 Å². The molecule has 7 heteroatoms. The monoisotopic (exact) mass is 289 g/mol. The van der Waals surface area contributed by atoms with Crippen molar-refractivity contribution in [3.05, 3.63) is 35.9 Å². The Morgan fingerprint density at radius 3 is 2.45 bits per heavy atom. The topological polar surface area (TPSA) is 70.6 Å². The van der Waals surface area contributed by atoms with Crippen LogP contribution in [0.2, 0.25) is 0 Å². The van der Waals surface area contributed by atoms with Crippen molar-refractivity contribution in [1.29, 1.82) is 0 Å². The van der Waals surface area contributed by atoms with E-state index in [-0.39, 0.29) is 6.04 Å². The summed E-state index contributed by atoms with van der Waals surface area (Å²) in [5, 5.41) is 13.6. The Kier molecular flexibility index (Phi) is 5.82. The Hall–Kier alpha value is -1.76. The molecule has 0 heterocycles. The number of nitrogens with zero attached hydrogens (tertiary/aromatic N) is 1. The summed E-state index contributed by atoms with van der Waals surface area (Å²) in [6.45, 7) is 1.36. The predicted octanol–water partition coefficient (Wildman–Crippen LogP) is 2.13. The average Bonchev–Trinajstić information content (AvgIpc) is 2.38. The highest BCUT2D eigenvalue weighted by atomic mass is 19.4. The normalized spacial score (nSPS) is 15.9. The van der Waals surface area contributed by atoms with Crippen LogP contribution in [0, 0.1) is 5.92 Å². The molecule has 0 aliphatic rings. The summed E-state index contributed by atoms with van der Waals surface area (Å²) in [5.74, 6) is -2.83. The van der Waals surface area contributed by atoms with Gasteiger partial charge >= 0.3 is 6.18 Å². The quantitative estimate of drug-likeness (QED) is 0.325. The molecule has 0 radical (unpaired) electrons. The number of oxime groups is 1. The number of amidine groups is 1. The van der Waals surface area contributed by atoms with Crippen molar-refractivity contribution in [2.45, 2.75) is 25.6 Å². The lowest BCUT2D eigenvalue weighted by molar-refractivity contribution is -0.155. The van der Waals surface area contributed by atoms with Gasteiger partial charge in [0.25, 0.3) is 0 Å². The maximum Gasteiger partial charge on any atom is 0.400 e. The van der Waals surface area contributed by atoms with E-state index in [0.29, 0.717) is 6.42 Å². The lowest BCUT2D eigenvalue weighted by Crippen LogP contribution is -2.45. The number of benzene rings is 1. The SMILES string of the molecule is CC(Cc1ccccc1)NCC(/C(N)=N/O)C(F)(F)F. The molecule has 1 rings (SSSR count). The summed E-state index contributed by atoms with van der Waals surface area (Å²) >= 11 is 0. The van der Waals surface area contributed by atoms with Crippen molar-refractivity contribution in [2.24, 2.45) is 16.8 Å². The van der Waals surface area contributed by atoms with Crippen LogP contribution in [0.3, 0.4) is 0 Å². The average molecular weight is 289 g/mol. The lowest BCUT2D eigenvalue weighted by Gasteiger charge is -2.22. The van der Waals surface area contributed by atoms with Crippen LogP contribution in [0.15, 0.2) is 35.5 Å². The van der Waals surface area contributed by atoms with Crippen LogP contribution in [-0.2, 0) is 6.42 Å². The largest absolute Gasteiger partial charge is 0.409 e. The Balaban J connectivity index is 2.55. The highest BCUT2D eigenvalue weighted by Crippen LogP contribution is 2.26. The van der Waals surface area contributed by atoms with Crippen LogP contribution in [0.4, 0.5) is 13.2 Å². The fourth-order valence-corrected chi connectivity index (χ4v) is 1.82. The van der Waals surface area contributed by atoms with Crippen molar-refractivity contribution in [3.63, 3.8) is 0 Å². The molecule has 0 aliphatic carbocycles. The molecule has 4 nitrogen and oxygen atoms in total. The number of hydrogen-bond acceptors (Lipinski definition) is 3. The molecule has 0 fully saturated rings. The van der Waals surface area contributed by atoms with Crippen LogP contribution < -0.4 is 11.1 Å². The van der Waals surface area contributed by atoms with Gasteiger partial charge in [0.1, 0.15) is 5.92 Å². The zero-order valence-electron chi connectivity index (χ0n) is 11.1. The number of hydrogen-bond donors (Lipinski definition) is 3. The lowest BCUT2D eigenvalue weighted by atomic mass is 10.0. The molecular weight excluding hydrogens is 271 g/mol. The first-order chi connectivity index (χ1) is 9.34. The third-order valence-electron chi connectivity index (χ3n) is 2.92. The Bertz CT molecular complexity index is 434. The van der Waals surface area contributed by atoms with E-state index in [9.17, 15) is 13.2 Å². The van der Waals surface area contributed by atoms with Gasteiger partial charge in [0, 0.05) is 12.6 Å². The highest BCUT2D eigenvalue weighted by molar-refractivity contribution is 5.83. The second-order valence-corrected chi connectivity index (χ2v) is 4.62. The summed E-state index contributed by atoms with van der Waals surface area (Å²) < 4.78 is 38.2. The Morgan fingerprint density at radius 1 is 1.35 bits per heavy atom. The third-order valence-corrected chi connectivity index (χ3v) is 2.92. The van der Waals surface area contributed by atoms with Gasteiger partial charge in [-0.2, -0.15) is 13.2 Å². The van der Waals surface area contributed by atoms with Crippen LogP contribution in [0.25, 0.3) is 0 Å². The van der Waals surface area contributed by atoms with Crippen molar-refractivity contribution < 1.29 is 18.4 Å². The van der Waals surface area contributed by atoms with Crippen molar-refractivity contribution >= 4 is 5.84 Å². The second-order valence-electron chi connectivity index (χ2n) is 4.62. The molecule has 0 aliphatic heterocycles. The van der Waals surface area contributed by atoms with Gasteiger partial charge in [-0.3, -0.25) is 0 Å². The maximum atomic E-state index is 12.7. The summed E-state index contributed by atoms with van der Waals surface area (Å²) in [6.07, 6.45) is -3.95. The minimum atomic E-state index is -4.55. The number of rotatable bonds is 6. The molecule has 2 atom stereocenters. The zero-order valence-corrected chi connectivity index (χ0v) is 11.1. The maximum absolute atomic E-state index is 12.7. The molecule has 0 bridgehead atoms. The van der Waals surface area contributed by atoms with E-state index < -0.39 is 24.5 Å². The van der Waals surface area contributed by atoms with E-state index in [2.05, 4.69) is 10.5 Å². The van der Waals surface area contributed by atoms with Gasteiger partial charge in [0.15, 0.2) is 5.84 Å². The molecule has 2 unspecified atom stereocenters. The summed E-state index contributed by atoms with van der Waals surface area (Å²) in [7, 11) is 0. The van der Waals surface area contributed by atoms with Gasteiger partial charge in [-0.1, -0.05) is 35.5 Å². The summed E-state index contributed by atoms with van der Waals surface area (Å²) in [6, 6.07) is 9.27. The number of nitrogens with one attached hydrogen (secondary N) is 1. The van der Waals surface area contributed by atoms with E-state index in [4.69, 9.17) is 10.9 Å². The van der Waals surface area contributed by atoms with E-state index in [1.807, 2.05) is 30.3 Å². The predicted molar refractivity (Wildman–Crippen MR) is 70.6 cm³/mol. The molecule has 0 saturated heterocycles. The first-order valence-electron chi connectivity index (χ1n) is 6.16. The van der Waals surface area contributed by atoms with Crippen LogP contribution >= 0.6 is 0 Å². The van der Waals surface area contributed by atoms with Gasteiger partial charge in [0.05, 0.1) is 0 Å². The van der Waals surface area contributed by atoms with E-state index in [1.54, 1.807) is 6.92 Å². The summed E-state index contributed by atoms with van der Waals surface area (Å²) in [5.41, 5.74) is 6.11. The molecule has 112 valence electrons. The second kappa shape index (κ2) is 7.14. The molecule has 1 aromatic rings. The molecule has 20 heavy (non-hydrogen) atoms.